The number of rotatable bonds is 7. The van der Waals surface area contributed by atoms with Crippen LogP contribution >= 0.6 is 31.9 Å². The minimum absolute atomic E-state index is 0.754. The second-order valence-electron chi connectivity index (χ2n) is 5.17. The van der Waals surface area contributed by atoms with E-state index in [1.165, 1.54) is 24.8 Å². The zero-order valence-electron chi connectivity index (χ0n) is 11.3. The standard InChI is InChI=1S/C15H21Br2NO/c1-2-6-18-9-12-7-13(16)15(14(17)8-12)19-10-11-4-3-5-11/h7-8,11,18H,2-6,9-10H2,1H3. The van der Waals surface area contributed by atoms with Crippen LogP contribution < -0.4 is 10.1 Å². The molecule has 1 aliphatic rings. The molecule has 2 rings (SSSR count). The van der Waals surface area contributed by atoms with Gasteiger partial charge in [-0.25, -0.2) is 0 Å². The van der Waals surface area contributed by atoms with Gasteiger partial charge in [0.15, 0.2) is 0 Å². The van der Waals surface area contributed by atoms with Gasteiger partial charge >= 0.3 is 0 Å². The van der Waals surface area contributed by atoms with E-state index in [1.54, 1.807) is 0 Å². The van der Waals surface area contributed by atoms with Crippen LogP contribution in [0.1, 0.15) is 38.2 Å². The molecule has 2 nitrogen and oxygen atoms in total. The Hall–Kier alpha value is -0.0600. The number of hydrogen-bond donors (Lipinski definition) is 1. The fourth-order valence-electron chi connectivity index (χ4n) is 2.12. The molecular weight excluding hydrogens is 370 g/mol. The molecule has 0 saturated heterocycles. The topological polar surface area (TPSA) is 21.3 Å². The van der Waals surface area contributed by atoms with Crippen LogP contribution in [0.25, 0.3) is 0 Å². The smallest absolute Gasteiger partial charge is 0.147 e. The number of benzene rings is 1. The van der Waals surface area contributed by atoms with Gasteiger partial charge in [-0.05, 0) is 81.3 Å². The molecule has 4 heteroatoms. The van der Waals surface area contributed by atoms with E-state index in [1.807, 2.05) is 0 Å². The summed E-state index contributed by atoms with van der Waals surface area (Å²) >= 11 is 7.23. The second kappa shape index (κ2) is 7.65. The third kappa shape index (κ3) is 4.47. The molecule has 1 saturated carbocycles. The van der Waals surface area contributed by atoms with Gasteiger partial charge in [0.05, 0.1) is 15.6 Å². The van der Waals surface area contributed by atoms with Crippen molar-refractivity contribution in [1.29, 1.82) is 0 Å². The van der Waals surface area contributed by atoms with Crippen molar-refractivity contribution in [3.05, 3.63) is 26.6 Å². The van der Waals surface area contributed by atoms with Crippen LogP contribution in [0.5, 0.6) is 5.75 Å². The quantitative estimate of drug-likeness (QED) is 0.669. The SMILES string of the molecule is CCCNCc1cc(Br)c(OCC2CCC2)c(Br)c1. The maximum absolute atomic E-state index is 5.94. The molecule has 1 aromatic carbocycles. The van der Waals surface area contributed by atoms with Gasteiger partial charge in [-0.3, -0.25) is 0 Å². The lowest BCUT2D eigenvalue weighted by molar-refractivity contribution is 0.179. The molecule has 0 bridgehead atoms. The highest BCUT2D eigenvalue weighted by atomic mass is 79.9. The van der Waals surface area contributed by atoms with Gasteiger partial charge in [-0.1, -0.05) is 13.3 Å². The molecule has 0 aromatic heterocycles. The van der Waals surface area contributed by atoms with E-state index < -0.39 is 0 Å². The summed E-state index contributed by atoms with van der Waals surface area (Å²) in [5, 5.41) is 3.41. The lowest BCUT2D eigenvalue weighted by Crippen LogP contribution is -2.19. The summed E-state index contributed by atoms with van der Waals surface area (Å²) in [7, 11) is 0. The molecule has 0 atom stereocenters. The van der Waals surface area contributed by atoms with Crippen molar-refractivity contribution in [2.45, 2.75) is 39.2 Å². The first-order valence-corrected chi connectivity index (χ1v) is 8.60. The minimum atomic E-state index is 0.754. The molecule has 1 aromatic rings. The Labute approximate surface area is 132 Å². The third-order valence-electron chi connectivity index (χ3n) is 3.50. The van der Waals surface area contributed by atoms with Crippen molar-refractivity contribution in [3.8, 4) is 5.75 Å². The highest BCUT2D eigenvalue weighted by molar-refractivity contribution is 9.11. The van der Waals surface area contributed by atoms with E-state index in [2.05, 4.69) is 56.2 Å². The molecule has 0 aliphatic heterocycles. The lowest BCUT2D eigenvalue weighted by atomic mass is 9.86. The Morgan fingerprint density at radius 2 is 1.95 bits per heavy atom. The highest BCUT2D eigenvalue weighted by Crippen LogP contribution is 2.36. The summed E-state index contributed by atoms with van der Waals surface area (Å²) in [6, 6.07) is 4.28. The first-order valence-electron chi connectivity index (χ1n) is 7.02. The highest BCUT2D eigenvalue weighted by Gasteiger charge is 2.19. The molecule has 106 valence electrons. The maximum atomic E-state index is 5.94. The fourth-order valence-corrected chi connectivity index (χ4v) is 3.63. The number of hydrogen-bond acceptors (Lipinski definition) is 2. The fraction of sp³-hybridized carbons (Fsp3) is 0.600. The van der Waals surface area contributed by atoms with E-state index in [0.29, 0.717) is 0 Å². The minimum Gasteiger partial charge on any atom is -0.491 e. The molecule has 0 unspecified atom stereocenters. The summed E-state index contributed by atoms with van der Waals surface area (Å²) in [5.74, 6) is 1.69. The predicted octanol–water partition coefficient (Wildman–Crippen LogP) is 4.89. The Bertz CT molecular complexity index is 396. The van der Waals surface area contributed by atoms with E-state index >= 15 is 0 Å². The van der Waals surface area contributed by atoms with Crippen molar-refractivity contribution in [2.75, 3.05) is 13.2 Å². The Balaban J connectivity index is 1.95. The van der Waals surface area contributed by atoms with Crippen molar-refractivity contribution in [1.82, 2.24) is 5.32 Å². The summed E-state index contributed by atoms with van der Waals surface area (Å²) in [5.41, 5.74) is 1.27. The van der Waals surface area contributed by atoms with Gasteiger partial charge < -0.3 is 10.1 Å². The first-order chi connectivity index (χ1) is 9.20. The van der Waals surface area contributed by atoms with E-state index in [4.69, 9.17) is 4.74 Å². The van der Waals surface area contributed by atoms with Crippen LogP contribution in [-0.2, 0) is 6.54 Å². The third-order valence-corrected chi connectivity index (χ3v) is 4.68. The molecule has 0 spiro atoms. The Morgan fingerprint density at radius 1 is 1.26 bits per heavy atom. The van der Waals surface area contributed by atoms with Gasteiger partial charge in [0.25, 0.3) is 0 Å². The van der Waals surface area contributed by atoms with Crippen LogP contribution in [0.4, 0.5) is 0 Å². The van der Waals surface area contributed by atoms with E-state index in [0.717, 1.165) is 46.7 Å². The van der Waals surface area contributed by atoms with Crippen molar-refractivity contribution in [3.63, 3.8) is 0 Å². The first kappa shape index (κ1) is 15.3. The summed E-state index contributed by atoms with van der Waals surface area (Å²) in [6.07, 6.45) is 5.14. The largest absolute Gasteiger partial charge is 0.491 e. The van der Waals surface area contributed by atoms with E-state index in [9.17, 15) is 0 Å². The lowest BCUT2D eigenvalue weighted by Gasteiger charge is -2.25. The summed E-state index contributed by atoms with van der Waals surface area (Å²) in [4.78, 5) is 0. The molecular formula is C15H21Br2NO. The summed E-state index contributed by atoms with van der Waals surface area (Å²) in [6.45, 7) is 4.96. The van der Waals surface area contributed by atoms with Crippen LogP contribution in [0.15, 0.2) is 21.1 Å². The monoisotopic (exact) mass is 389 g/mol. The van der Waals surface area contributed by atoms with Crippen LogP contribution in [-0.4, -0.2) is 13.2 Å². The van der Waals surface area contributed by atoms with Gasteiger partial charge in [0, 0.05) is 6.54 Å². The van der Waals surface area contributed by atoms with Crippen molar-refractivity contribution < 1.29 is 4.74 Å². The zero-order chi connectivity index (χ0) is 13.7. The molecule has 0 amide bonds. The number of halogens is 2. The Morgan fingerprint density at radius 3 is 2.47 bits per heavy atom. The second-order valence-corrected chi connectivity index (χ2v) is 6.88. The van der Waals surface area contributed by atoms with Crippen LogP contribution in [0.3, 0.4) is 0 Å². The van der Waals surface area contributed by atoms with Crippen LogP contribution in [0, 0.1) is 5.92 Å². The molecule has 1 fully saturated rings. The molecule has 1 aliphatic carbocycles. The molecule has 0 radical (unpaired) electrons. The van der Waals surface area contributed by atoms with Crippen LogP contribution in [0.2, 0.25) is 0 Å². The number of ether oxygens (including phenoxy) is 1. The van der Waals surface area contributed by atoms with Crippen molar-refractivity contribution >= 4 is 31.9 Å². The van der Waals surface area contributed by atoms with Gasteiger partial charge in [0.1, 0.15) is 5.75 Å². The average molecular weight is 391 g/mol. The summed E-state index contributed by atoms with van der Waals surface area (Å²) < 4.78 is 8.01. The predicted molar refractivity (Wildman–Crippen MR) is 86.7 cm³/mol. The van der Waals surface area contributed by atoms with Crippen molar-refractivity contribution in [2.24, 2.45) is 5.92 Å². The van der Waals surface area contributed by atoms with Gasteiger partial charge in [-0.2, -0.15) is 0 Å². The Kier molecular flexibility index (Phi) is 6.17. The van der Waals surface area contributed by atoms with Gasteiger partial charge in [-0.15, -0.1) is 0 Å². The number of nitrogens with one attached hydrogen (secondary N) is 1. The molecule has 0 heterocycles. The molecule has 19 heavy (non-hydrogen) atoms. The maximum Gasteiger partial charge on any atom is 0.147 e. The zero-order valence-corrected chi connectivity index (χ0v) is 14.5. The average Bonchev–Trinajstić information content (AvgIpc) is 2.31. The van der Waals surface area contributed by atoms with Gasteiger partial charge in [0.2, 0.25) is 0 Å². The molecule has 1 N–H and O–H groups in total. The van der Waals surface area contributed by atoms with E-state index in [-0.39, 0.29) is 0 Å². The normalized spacial score (nSPS) is 15.3.